The average Bonchev–Trinajstić information content (AvgIpc) is 2.42. The van der Waals surface area contributed by atoms with E-state index in [0.29, 0.717) is 6.61 Å². The number of hydrogen-bond acceptors (Lipinski definition) is 5. The minimum atomic E-state index is -0.0842. The van der Waals surface area contributed by atoms with Gasteiger partial charge < -0.3 is 10.1 Å². The van der Waals surface area contributed by atoms with Gasteiger partial charge in [-0.2, -0.15) is 0 Å². The summed E-state index contributed by atoms with van der Waals surface area (Å²) < 4.78 is 5.45. The topological polar surface area (TPSA) is 59.9 Å². The van der Waals surface area contributed by atoms with Crippen molar-refractivity contribution < 1.29 is 4.74 Å². The summed E-state index contributed by atoms with van der Waals surface area (Å²) in [5.41, 5.74) is 0.981. The molecule has 0 saturated carbocycles. The molecule has 2 heterocycles. The lowest BCUT2D eigenvalue weighted by Gasteiger charge is -2.15. The Hall–Kier alpha value is -2.01. The smallest absolute Gasteiger partial charge is 0.149 e. The lowest BCUT2D eigenvalue weighted by atomic mass is 10.1. The zero-order chi connectivity index (χ0) is 12.8. The average molecular weight is 244 g/mol. The zero-order valence-electron chi connectivity index (χ0n) is 10.5. The van der Waals surface area contributed by atoms with Gasteiger partial charge in [0.1, 0.15) is 11.6 Å². The summed E-state index contributed by atoms with van der Waals surface area (Å²) in [4.78, 5) is 12.7. The number of aromatic nitrogens is 3. The highest BCUT2D eigenvalue weighted by molar-refractivity contribution is 5.29. The fraction of sp³-hybridized carbons (Fsp3) is 0.308. The molecule has 2 aromatic rings. The molecule has 2 aromatic heterocycles. The van der Waals surface area contributed by atoms with Crippen molar-refractivity contribution >= 4 is 0 Å². The van der Waals surface area contributed by atoms with Crippen LogP contribution in [0, 0.1) is 0 Å². The number of rotatable bonds is 5. The Kier molecular flexibility index (Phi) is 4.20. The SMILES string of the molecule is CCOc1cncc(C(NC)c2ncccn2)c1. The molecule has 0 radical (unpaired) electrons. The van der Waals surface area contributed by atoms with Crippen LogP contribution >= 0.6 is 0 Å². The number of pyridine rings is 1. The normalized spacial score (nSPS) is 12.1. The molecule has 1 unspecified atom stereocenters. The van der Waals surface area contributed by atoms with Crippen LogP contribution in [-0.4, -0.2) is 28.6 Å². The Bertz CT molecular complexity index is 489. The Morgan fingerprint density at radius 1 is 1.28 bits per heavy atom. The second-order valence-electron chi connectivity index (χ2n) is 3.72. The van der Waals surface area contributed by atoms with E-state index in [9.17, 15) is 0 Å². The molecule has 5 nitrogen and oxygen atoms in total. The van der Waals surface area contributed by atoms with Crippen LogP contribution in [0.5, 0.6) is 5.75 Å². The van der Waals surface area contributed by atoms with Crippen LogP contribution in [-0.2, 0) is 0 Å². The van der Waals surface area contributed by atoms with Crippen molar-refractivity contribution in [2.75, 3.05) is 13.7 Å². The molecule has 2 rings (SSSR count). The number of hydrogen-bond donors (Lipinski definition) is 1. The summed E-state index contributed by atoms with van der Waals surface area (Å²) in [6, 6.07) is 3.66. The van der Waals surface area contributed by atoms with Gasteiger partial charge in [0.05, 0.1) is 18.8 Å². The van der Waals surface area contributed by atoms with E-state index in [2.05, 4.69) is 20.3 Å². The highest BCUT2D eigenvalue weighted by atomic mass is 16.5. The molecule has 0 fully saturated rings. The van der Waals surface area contributed by atoms with Crippen molar-refractivity contribution in [1.29, 1.82) is 0 Å². The molecule has 0 amide bonds. The zero-order valence-corrected chi connectivity index (χ0v) is 10.5. The van der Waals surface area contributed by atoms with Crippen molar-refractivity contribution in [1.82, 2.24) is 20.3 Å². The lowest BCUT2D eigenvalue weighted by molar-refractivity contribution is 0.338. The first-order valence-electron chi connectivity index (χ1n) is 5.87. The molecular formula is C13H16N4O. The van der Waals surface area contributed by atoms with E-state index in [0.717, 1.165) is 17.1 Å². The standard InChI is InChI=1S/C13H16N4O/c1-3-18-11-7-10(8-15-9-11)12(14-2)13-16-5-4-6-17-13/h4-9,12,14H,3H2,1-2H3. The third-order valence-electron chi connectivity index (χ3n) is 2.51. The van der Waals surface area contributed by atoms with Crippen molar-refractivity contribution in [3.63, 3.8) is 0 Å². The molecule has 0 aliphatic carbocycles. The third kappa shape index (κ3) is 2.81. The summed E-state index contributed by atoms with van der Waals surface area (Å²) >= 11 is 0. The maximum absolute atomic E-state index is 5.45. The highest BCUT2D eigenvalue weighted by Crippen LogP contribution is 2.21. The summed E-state index contributed by atoms with van der Waals surface area (Å²) in [6.07, 6.45) is 6.95. The van der Waals surface area contributed by atoms with E-state index in [1.165, 1.54) is 0 Å². The molecular weight excluding hydrogens is 228 g/mol. The van der Waals surface area contributed by atoms with Crippen LogP contribution in [0.4, 0.5) is 0 Å². The minimum absolute atomic E-state index is 0.0842. The predicted molar refractivity (Wildman–Crippen MR) is 68.3 cm³/mol. The first-order valence-corrected chi connectivity index (χ1v) is 5.87. The van der Waals surface area contributed by atoms with Gasteiger partial charge in [-0.3, -0.25) is 4.98 Å². The van der Waals surface area contributed by atoms with Crippen LogP contribution in [0.15, 0.2) is 36.9 Å². The molecule has 1 N–H and O–H groups in total. The first kappa shape index (κ1) is 12.4. The van der Waals surface area contributed by atoms with Gasteiger partial charge in [-0.25, -0.2) is 9.97 Å². The van der Waals surface area contributed by atoms with Crippen LogP contribution in [0.25, 0.3) is 0 Å². The largest absolute Gasteiger partial charge is 0.492 e. The van der Waals surface area contributed by atoms with Gasteiger partial charge in [0.2, 0.25) is 0 Å². The molecule has 0 aliphatic heterocycles. The summed E-state index contributed by atoms with van der Waals surface area (Å²) in [6.45, 7) is 2.57. The molecule has 18 heavy (non-hydrogen) atoms. The quantitative estimate of drug-likeness (QED) is 0.865. The van der Waals surface area contributed by atoms with Crippen molar-refractivity contribution in [3.05, 3.63) is 48.3 Å². The first-order chi connectivity index (χ1) is 8.85. The van der Waals surface area contributed by atoms with Gasteiger partial charge in [-0.1, -0.05) is 0 Å². The van der Waals surface area contributed by atoms with E-state index < -0.39 is 0 Å². The van der Waals surface area contributed by atoms with Crippen molar-refractivity contribution in [2.24, 2.45) is 0 Å². The van der Waals surface area contributed by atoms with Crippen LogP contribution in [0.1, 0.15) is 24.4 Å². The maximum Gasteiger partial charge on any atom is 0.149 e. The molecule has 0 aliphatic rings. The number of nitrogens with one attached hydrogen (secondary N) is 1. The van der Waals surface area contributed by atoms with Gasteiger partial charge in [-0.05, 0) is 31.7 Å². The molecule has 5 heteroatoms. The predicted octanol–water partition coefficient (Wildman–Crippen LogP) is 1.58. The highest BCUT2D eigenvalue weighted by Gasteiger charge is 2.15. The van der Waals surface area contributed by atoms with E-state index in [1.54, 1.807) is 30.9 Å². The molecule has 94 valence electrons. The number of ether oxygens (including phenoxy) is 1. The van der Waals surface area contributed by atoms with E-state index in [-0.39, 0.29) is 6.04 Å². The molecule has 0 aromatic carbocycles. The third-order valence-corrected chi connectivity index (χ3v) is 2.51. The Morgan fingerprint density at radius 2 is 2.06 bits per heavy atom. The Labute approximate surface area is 106 Å². The van der Waals surface area contributed by atoms with Crippen molar-refractivity contribution in [2.45, 2.75) is 13.0 Å². The van der Waals surface area contributed by atoms with Gasteiger partial charge in [-0.15, -0.1) is 0 Å². The van der Waals surface area contributed by atoms with Crippen LogP contribution in [0.2, 0.25) is 0 Å². The van der Waals surface area contributed by atoms with E-state index >= 15 is 0 Å². The van der Waals surface area contributed by atoms with Gasteiger partial charge in [0.25, 0.3) is 0 Å². The lowest BCUT2D eigenvalue weighted by Crippen LogP contribution is -2.20. The van der Waals surface area contributed by atoms with Crippen LogP contribution < -0.4 is 10.1 Å². The van der Waals surface area contributed by atoms with Gasteiger partial charge in [0.15, 0.2) is 0 Å². The molecule has 0 saturated heterocycles. The maximum atomic E-state index is 5.45. The van der Waals surface area contributed by atoms with Gasteiger partial charge in [0, 0.05) is 18.6 Å². The Balaban J connectivity index is 2.30. The van der Waals surface area contributed by atoms with Crippen LogP contribution in [0.3, 0.4) is 0 Å². The van der Waals surface area contributed by atoms with E-state index in [4.69, 9.17) is 4.74 Å². The fourth-order valence-electron chi connectivity index (χ4n) is 1.74. The monoisotopic (exact) mass is 244 g/mol. The van der Waals surface area contributed by atoms with E-state index in [1.807, 2.05) is 20.0 Å². The molecule has 0 bridgehead atoms. The van der Waals surface area contributed by atoms with Gasteiger partial charge >= 0.3 is 0 Å². The number of nitrogens with zero attached hydrogens (tertiary/aromatic N) is 3. The second kappa shape index (κ2) is 6.07. The summed E-state index contributed by atoms with van der Waals surface area (Å²) in [5, 5.41) is 3.18. The minimum Gasteiger partial charge on any atom is -0.492 e. The summed E-state index contributed by atoms with van der Waals surface area (Å²) in [7, 11) is 1.87. The fourth-order valence-corrected chi connectivity index (χ4v) is 1.74. The summed E-state index contributed by atoms with van der Waals surface area (Å²) in [5.74, 6) is 1.47. The van der Waals surface area contributed by atoms with Crippen molar-refractivity contribution in [3.8, 4) is 5.75 Å². The Morgan fingerprint density at radius 3 is 2.72 bits per heavy atom. The molecule has 1 atom stereocenters. The second-order valence-corrected chi connectivity index (χ2v) is 3.72. The molecule has 0 spiro atoms.